The van der Waals surface area contributed by atoms with Gasteiger partial charge < -0.3 is 5.32 Å². The Labute approximate surface area is 132 Å². The number of aromatic amines is 2. The molecular weight excluding hydrogens is 304 g/mol. The average molecular weight is 321 g/mol. The van der Waals surface area contributed by atoms with Gasteiger partial charge in [-0.25, -0.2) is 9.89 Å². The van der Waals surface area contributed by atoms with Gasteiger partial charge in [0.25, 0.3) is 0 Å². The molecule has 1 aromatic carbocycles. The first-order valence-electron chi connectivity index (χ1n) is 7.23. The van der Waals surface area contributed by atoms with E-state index in [1.54, 1.807) is 19.1 Å². The molecule has 1 atom stereocenters. The molecule has 3 rings (SSSR count). The highest BCUT2D eigenvalue weighted by Crippen LogP contribution is 2.44. The number of aromatic nitrogens is 3. The zero-order valence-electron chi connectivity index (χ0n) is 12.1. The van der Waals surface area contributed by atoms with Gasteiger partial charge in [0.05, 0.1) is 11.5 Å². The van der Waals surface area contributed by atoms with Crippen LogP contribution in [-0.2, 0) is 10.2 Å². The summed E-state index contributed by atoms with van der Waals surface area (Å²) < 4.78 is 0. The Balaban J connectivity index is 1.80. The minimum atomic E-state index is -0.505. The fourth-order valence-electron chi connectivity index (χ4n) is 2.84. The third-order valence-electron chi connectivity index (χ3n) is 4.32. The lowest BCUT2D eigenvalue weighted by Crippen LogP contribution is -2.49. The molecule has 1 aromatic heterocycles. The molecule has 6 nitrogen and oxygen atoms in total. The van der Waals surface area contributed by atoms with Gasteiger partial charge >= 0.3 is 5.69 Å². The molecule has 2 aromatic rings. The van der Waals surface area contributed by atoms with Crippen molar-refractivity contribution >= 4 is 17.5 Å². The molecule has 0 radical (unpaired) electrons. The number of carbonyl (C=O) groups is 1. The van der Waals surface area contributed by atoms with Crippen LogP contribution in [0.4, 0.5) is 0 Å². The van der Waals surface area contributed by atoms with Gasteiger partial charge in [-0.3, -0.25) is 9.78 Å². The number of amides is 1. The summed E-state index contributed by atoms with van der Waals surface area (Å²) in [6.07, 6.45) is 2.64. The number of H-pyrrole nitrogens is 2. The Bertz CT molecular complexity index is 731. The van der Waals surface area contributed by atoms with E-state index in [1.807, 2.05) is 12.1 Å². The highest BCUT2D eigenvalue weighted by Gasteiger charge is 2.46. The summed E-state index contributed by atoms with van der Waals surface area (Å²) in [5, 5.41) is 9.75. The van der Waals surface area contributed by atoms with E-state index in [4.69, 9.17) is 11.6 Å². The molecule has 1 amide bonds. The first kappa shape index (κ1) is 14.8. The van der Waals surface area contributed by atoms with E-state index in [2.05, 4.69) is 20.5 Å². The van der Waals surface area contributed by atoms with Crippen LogP contribution in [0.5, 0.6) is 0 Å². The van der Waals surface area contributed by atoms with Crippen molar-refractivity contribution in [2.45, 2.75) is 37.6 Å². The van der Waals surface area contributed by atoms with E-state index in [0.29, 0.717) is 10.8 Å². The molecule has 0 bridgehead atoms. The highest BCUT2D eigenvalue weighted by atomic mass is 35.5. The van der Waals surface area contributed by atoms with E-state index in [9.17, 15) is 9.59 Å². The molecule has 1 aliphatic rings. The second-order valence-corrected chi connectivity index (χ2v) is 6.14. The van der Waals surface area contributed by atoms with Crippen LogP contribution in [0.2, 0.25) is 5.02 Å². The number of hydrogen-bond donors (Lipinski definition) is 3. The third-order valence-corrected chi connectivity index (χ3v) is 4.57. The van der Waals surface area contributed by atoms with Crippen molar-refractivity contribution in [2.75, 3.05) is 0 Å². The minimum absolute atomic E-state index is 0.0441. The molecule has 1 fully saturated rings. The van der Waals surface area contributed by atoms with Crippen LogP contribution in [0.3, 0.4) is 0 Å². The van der Waals surface area contributed by atoms with Crippen LogP contribution >= 0.6 is 11.6 Å². The Morgan fingerprint density at radius 1 is 1.36 bits per heavy atom. The lowest BCUT2D eigenvalue weighted by atomic mass is 9.63. The second-order valence-electron chi connectivity index (χ2n) is 5.70. The third kappa shape index (κ3) is 2.54. The largest absolute Gasteiger partial charge is 0.346 e. The maximum absolute atomic E-state index is 12.7. The summed E-state index contributed by atoms with van der Waals surface area (Å²) in [5.41, 5.74) is 0.0886. The van der Waals surface area contributed by atoms with Crippen LogP contribution < -0.4 is 11.0 Å². The number of nitrogens with one attached hydrogen (secondary N) is 3. The fraction of sp³-hybridized carbons (Fsp3) is 0.400. The van der Waals surface area contributed by atoms with Crippen molar-refractivity contribution in [3.63, 3.8) is 0 Å². The zero-order valence-corrected chi connectivity index (χ0v) is 12.9. The highest BCUT2D eigenvalue weighted by molar-refractivity contribution is 6.30. The van der Waals surface area contributed by atoms with E-state index in [1.165, 1.54) is 0 Å². The van der Waals surface area contributed by atoms with Gasteiger partial charge in [-0.15, -0.1) is 0 Å². The number of halogens is 1. The molecule has 1 heterocycles. The molecule has 1 saturated carbocycles. The number of benzene rings is 1. The Hall–Kier alpha value is -2.08. The average Bonchev–Trinajstić information content (AvgIpc) is 2.86. The smallest absolute Gasteiger partial charge is 0.340 e. The SMILES string of the molecule is C[C@@H](NC(=O)C1(c2ccc(Cl)cc2)CCC1)c1n[nH]c(=O)[nH]1. The molecule has 0 aliphatic heterocycles. The van der Waals surface area contributed by atoms with Crippen molar-refractivity contribution < 1.29 is 4.79 Å². The monoisotopic (exact) mass is 320 g/mol. The first-order chi connectivity index (χ1) is 10.5. The standard InChI is InChI=1S/C15H17ClN4O2/c1-9(12-18-14(22)20-19-12)17-13(21)15(7-2-8-15)10-3-5-11(16)6-4-10/h3-6,9H,2,7-8H2,1H3,(H,17,21)(H2,18,19,20,22)/t9-/m1/s1. The van der Waals surface area contributed by atoms with Gasteiger partial charge in [-0.05, 0) is 37.5 Å². The van der Waals surface area contributed by atoms with Gasteiger partial charge in [0, 0.05) is 5.02 Å². The summed E-state index contributed by atoms with van der Waals surface area (Å²) in [7, 11) is 0. The van der Waals surface area contributed by atoms with E-state index in [0.717, 1.165) is 24.8 Å². The van der Waals surface area contributed by atoms with E-state index >= 15 is 0 Å². The summed E-state index contributed by atoms with van der Waals surface area (Å²) in [6, 6.07) is 7.05. The predicted molar refractivity (Wildman–Crippen MR) is 82.7 cm³/mol. The molecule has 7 heteroatoms. The van der Waals surface area contributed by atoms with Crippen molar-refractivity contribution in [3.05, 3.63) is 51.2 Å². The molecule has 0 spiro atoms. The van der Waals surface area contributed by atoms with Gasteiger partial charge in [0.15, 0.2) is 5.82 Å². The normalized spacial score (nSPS) is 17.5. The Kier molecular flexibility index (Phi) is 3.78. The first-order valence-corrected chi connectivity index (χ1v) is 7.61. The second kappa shape index (κ2) is 5.61. The van der Waals surface area contributed by atoms with Crippen molar-refractivity contribution in [1.82, 2.24) is 20.5 Å². The van der Waals surface area contributed by atoms with Crippen LogP contribution in [0.1, 0.15) is 43.6 Å². The van der Waals surface area contributed by atoms with Crippen molar-refractivity contribution in [3.8, 4) is 0 Å². The number of hydrogen-bond acceptors (Lipinski definition) is 3. The molecule has 0 unspecified atom stereocenters. The lowest BCUT2D eigenvalue weighted by Gasteiger charge is -2.41. The molecule has 3 N–H and O–H groups in total. The van der Waals surface area contributed by atoms with Gasteiger partial charge in [0.2, 0.25) is 5.91 Å². The predicted octanol–water partition coefficient (Wildman–Crippen LogP) is 2.05. The van der Waals surface area contributed by atoms with Gasteiger partial charge in [-0.1, -0.05) is 30.2 Å². The van der Waals surface area contributed by atoms with E-state index in [-0.39, 0.29) is 17.6 Å². The summed E-state index contributed by atoms with van der Waals surface area (Å²) in [4.78, 5) is 26.4. The molecule has 22 heavy (non-hydrogen) atoms. The van der Waals surface area contributed by atoms with Crippen molar-refractivity contribution in [1.29, 1.82) is 0 Å². The van der Waals surface area contributed by atoms with E-state index < -0.39 is 5.41 Å². The maximum Gasteiger partial charge on any atom is 0.340 e. The molecule has 1 aliphatic carbocycles. The van der Waals surface area contributed by atoms with Crippen molar-refractivity contribution in [2.24, 2.45) is 0 Å². The molecule has 116 valence electrons. The number of rotatable bonds is 4. The van der Waals surface area contributed by atoms with Crippen LogP contribution in [-0.4, -0.2) is 21.1 Å². The minimum Gasteiger partial charge on any atom is -0.346 e. The molecular formula is C15H17ClN4O2. The summed E-state index contributed by atoms with van der Waals surface area (Å²) in [5.74, 6) is 0.376. The number of nitrogens with zero attached hydrogens (tertiary/aromatic N) is 1. The summed E-state index contributed by atoms with van der Waals surface area (Å²) >= 11 is 5.92. The summed E-state index contributed by atoms with van der Waals surface area (Å²) in [6.45, 7) is 1.79. The maximum atomic E-state index is 12.7. The fourth-order valence-corrected chi connectivity index (χ4v) is 2.96. The van der Waals surface area contributed by atoms with Gasteiger partial charge in [-0.2, -0.15) is 5.10 Å². The Morgan fingerprint density at radius 2 is 2.05 bits per heavy atom. The number of carbonyl (C=O) groups excluding carboxylic acids is 1. The zero-order chi connectivity index (χ0) is 15.7. The van der Waals surface area contributed by atoms with Gasteiger partial charge in [0.1, 0.15) is 0 Å². The quantitative estimate of drug-likeness (QED) is 0.805. The van der Waals surface area contributed by atoms with Crippen LogP contribution in [0.15, 0.2) is 29.1 Å². The van der Waals surface area contributed by atoms with Crippen LogP contribution in [0, 0.1) is 0 Å². The van der Waals surface area contributed by atoms with Crippen LogP contribution in [0.25, 0.3) is 0 Å². The Morgan fingerprint density at radius 3 is 2.55 bits per heavy atom. The topological polar surface area (TPSA) is 90.6 Å². The molecule has 0 saturated heterocycles. The lowest BCUT2D eigenvalue weighted by molar-refractivity contribution is -0.130.